The second-order valence-corrected chi connectivity index (χ2v) is 5.88. The van der Waals surface area contributed by atoms with Crippen LogP contribution in [0, 0.1) is 0 Å². The van der Waals surface area contributed by atoms with Crippen LogP contribution in [0.25, 0.3) is 0 Å². The molecule has 0 spiro atoms. The molecule has 1 aromatic heterocycles. The van der Waals surface area contributed by atoms with Crippen LogP contribution in [0.4, 0.5) is 0 Å². The maximum Gasteiger partial charge on any atom is 0.326 e. The van der Waals surface area contributed by atoms with E-state index in [0.717, 1.165) is 5.56 Å². The van der Waals surface area contributed by atoms with Crippen LogP contribution < -0.4 is 10.6 Å². The molecule has 0 saturated heterocycles. The lowest BCUT2D eigenvalue weighted by Crippen LogP contribution is -2.52. The van der Waals surface area contributed by atoms with E-state index in [9.17, 15) is 19.5 Å². The number of benzene rings is 1. The number of hydrogen-bond donors (Lipinski definition) is 3. The van der Waals surface area contributed by atoms with Crippen molar-refractivity contribution in [2.45, 2.75) is 38.3 Å². The Kier molecular flexibility index (Phi) is 6.96. The van der Waals surface area contributed by atoms with E-state index in [0.29, 0.717) is 12.8 Å². The first-order valence-corrected chi connectivity index (χ1v) is 8.42. The number of furan rings is 1. The Morgan fingerprint density at radius 3 is 2.35 bits per heavy atom. The van der Waals surface area contributed by atoms with Crippen LogP contribution in [0.2, 0.25) is 0 Å². The lowest BCUT2D eigenvalue weighted by molar-refractivity contribution is -0.142. The maximum atomic E-state index is 12.6. The maximum absolute atomic E-state index is 12.6. The number of amides is 2. The lowest BCUT2D eigenvalue weighted by atomic mass is 10.0. The first-order chi connectivity index (χ1) is 12.5. The molecule has 26 heavy (non-hydrogen) atoms. The summed E-state index contributed by atoms with van der Waals surface area (Å²) in [4.78, 5) is 36.2. The Labute approximate surface area is 151 Å². The molecule has 1 heterocycles. The van der Waals surface area contributed by atoms with E-state index < -0.39 is 29.9 Å². The minimum absolute atomic E-state index is 0.0826. The molecule has 2 aromatic rings. The third-order valence-corrected chi connectivity index (χ3v) is 3.84. The summed E-state index contributed by atoms with van der Waals surface area (Å²) in [6.07, 6.45) is 2.52. The third-order valence-electron chi connectivity index (χ3n) is 3.84. The molecule has 0 aliphatic rings. The minimum atomic E-state index is -1.10. The fourth-order valence-corrected chi connectivity index (χ4v) is 2.51. The zero-order chi connectivity index (χ0) is 18.9. The number of carbonyl (C=O) groups excluding carboxylic acids is 2. The summed E-state index contributed by atoms with van der Waals surface area (Å²) >= 11 is 0. The van der Waals surface area contributed by atoms with Crippen LogP contribution in [0.3, 0.4) is 0 Å². The number of carboxylic acid groups (broad SMARTS) is 1. The Morgan fingerprint density at radius 2 is 1.77 bits per heavy atom. The Morgan fingerprint density at radius 1 is 1.04 bits per heavy atom. The number of carbonyl (C=O) groups is 3. The van der Waals surface area contributed by atoms with Gasteiger partial charge >= 0.3 is 5.97 Å². The highest BCUT2D eigenvalue weighted by Crippen LogP contribution is 2.07. The van der Waals surface area contributed by atoms with Gasteiger partial charge in [-0.2, -0.15) is 0 Å². The van der Waals surface area contributed by atoms with Crippen molar-refractivity contribution in [1.29, 1.82) is 0 Å². The monoisotopic (exact) mass is 358 g/mol. The Balaban J connectivity index is 2.14. The van der Waals surface area contributed by atoms with Gasteiger partial charge in [0, 0.05) is 6.42 Å². The van der Waals surface area contributed by atoms with Gasteiger partial charge in [-0.1, -0.05) is 43.7 Å². The normalized spacial score (nSPS) is 12.8. The van der Waals surface area contributed by atoms with Crippen LogP contribution in [-0.2, 0) is 16.0 Å². The molecular formula is C19H22N2O5. The average Bonchev–Trinajstić information content (AvgIpc) is 3.16. The minimum Gasteiger partial charge on any atom is -0.480 e. The second kappa shape index (κ2) is 9.41. The number of hydrogen-bond acceptors (Lipinski definition) is 4. The van der Waals surface area contributed by atoms with Crippen molar-refractivity contribution >= 4 is 17.8 Å². The number of aliphatic carboxylic acids is 1. The van der Waals surface area contributed by atoms with Crippen molar-refractivity contribution in [3.05, 3.63) is 60.1 Å². The molecule has 0 aliphatic heterocycles. The average molecular weight is 358 g/mol. The van der Waals surface area contributed by atoms with E-state index in [4.69, 9.17) is 4.42 Å². The number of nitrogens with one attached hydrogen (secondary N) is 2. The molecule has 2 rings (SSSR count). The quantitative estimate of drug-likeness (QED) is 0.635. The molecule has 2 unspecified atom stereocenters. The molecular weight excluding hydrogens is 336 g/mol. The zero-order valence-corrected chi connectivity index (χ0v) is 14.5. The Bertz CT molecular complexity index is 728. The summed E-state index contributed by atoms with van der Waals surface area (Å²) in [6.45, 7) is 1.84. The lowest BCUT2D eigenvalue weighted by Gasteiger charge is -2.21. The molecule has 2 atom stereocenters. The largest absolute Gasteiger partial charge is 0.480 e. The van der Waals surface area contributed by atoms with Gasteiger partial charge in [0.1, 0.15) is 12.1 Å². The number of carboxylic acids is 1. The van der Waals surface area contributed by atoms with Crippen molar-refractivity contribution in [3.8, 4) is 0 Å². The highest BCUT2D eigenvalue weighted by molar-refractivity contribution is 5.96. The van der Waals surface area contributed by atoms with Crippen LogP contribution in [0.15, 0.2) is 53.1 Å². The van der Waals surface area contributed by atoms with Crippen molar-refractivity contribution in [2.75, 3.05) is 0 Å². The van der Waals surface area contributed by atoms with Gasteiger partial charge in [0.15, 0.2) is 5.76 Å². The molecule has 0 saturated carbocycles. The van der Waals surface area contributed by atoms with Gasteiger partial charge in [0.05, 0.1) is 6.26 Å². The molecule has 7 nitrogen and oxygen atoms in total. The van der Waals surface area contributed by atoms with Crippen LogP contribution >= 0.6 is 0 Å². The molecule has 0 bridgehead atoms. The first-order valence-electron chi connectivity index (χ1n) is 8.42. The molecule has 2 amide bonds. The zero-order valence-electron chi connectivity index (χ0n) is 14.5. The smallest absolute Gasteiger partial charge is 0.326 e. The fraction of sp³-hybridized carbons (Fsp3) is 0.316. The highest BCUT2D eigenvalue weighted by Gasteiger charge is 2.27. The summed E-state index contributed by atoms with van der Waals surface area (Å²) in [5.41, 5.74) is 0.842. The standard InChI is InChI=1S/C19H22N2O5/c1-2-7-14(19(24)25)20-17(22)15(12-13-8-4-3-5-9-13)21-18(23)16-10-6-11-26-16/h3-6,8-11,14-15H,2,7,12H2,1H3,(H,20,22)(H,21,23)(H,24,25). The SMILES string of the molecule is CCCC(NC(=O)C(Cc1ccccc1)NC(=O)c1ccco1)C(=O)O. The van der Waals surface area contributed by atoms with Crippen LogP contribution in [-0.4, -0.2) is 35.0 Å². The summed E-state index contributed by atoms with van der Waals surface area (Å²) in [6, 6.07) is 10.3. The number of rotatable bonds is 9. The highest BCUT2D eigenvalue weighted by atomic mass is 16.4. The second-order valence-electron chi connectivity index (χ2n) is 5.88. The summed E-state index contributed by atoms with van der Waals surface area (Å²) in [5, 5.41) is 14.4. The van der Waals surface area contributed by atoms with E-state index in [2.05, 4.69) is 10.6 Å². The van der Waals surface area contributed by atoms with Gasteiger partial charge in [-0.15, -0.1) is 0 Å². The Hall–Kier alpha value is -3.09. The third kappa shape index (κ3) is 5.47. The van der Waals surface area contributed by atoms with Gasteiger partial charge in [-0.3, -0.25) is 9.59 Å². The molecule has 0 aliphatic carbocycles. The van der Waals surface area contributed by atoms with Gasteiger partial charge in [0.25, 0.3) is 5.91 Å². The van der Waals surface area contributed by atoms with Crippen molar-refractivity contribution in [3.63, 3.8) is 0 Å². The van der Waals surface area contributed by atoms with Crippen molar-refractivity contribution in [2.24, 2.45) is 0 Å². The van der Waals surface area contributed by atoms with Crippen molar-refractivity contribution < 1.29 is 23.9 Å². The summed E-state index contributed by atoms with van der Waals surface area (Å²) in [7, 11) is 0. The summed E-state index contributed by atoms with van der Waals surface area (Å²) in [5.74, 6) is -2.10. The molecule has 0 radical (unpaired) electrons. The van der Waals surface area contributed by atoms with E-state index in [1.165, 1.54) is 12.3 Å². The van der Waals surface area contributed by atoms with Gasteiger partial charge in [-0.25, -0.2) is 4.79 Å². The molecule has 138 valence electrons. The molecule has 3 N–H and O–H groups in total. The van der Waals surface area contributed by atoms with E-state index in [1.54, 1.807) is 6.07 Å². The summed E-state index contributed by atoms with van der Waals surface area (Å²) < 4.78 is 5.05. The fourth-order valence-electron chi connectivity index (χ4n) is 2.51. The predicted molar refractivity (Wildman–Crippen MR) is 94.6 cm³/mol. The molecule has 1 aromatic carbocycles. The molecule has 7 heteroatoms. The van der Waals surface area contributed by atoms with Crippen LogP contribution in [0.5, 0.6) is 0 Å². The van der Waals surface area contributed by atoms with Crippen LogP contribution in [0.1, 0.15) is 35.9 Å². The van der Waals surface area contributed by atoms with Crippen molar-refractivity contribution in [1.82, 2.24) is 10.6 Å². The van der Waals surface area contributed by atoms with Gasteiger partial charge < -0.3 is 20.2 Å². The topological polar surface area (TPSA) is 109 Å². The molecule has 0 fully saturated rings. The van der Waals surface area contributed by atoms with E-state index >= 15 is 0 Å². The van der Waals surface area contributed by atoms with E-state index in [1.807, 2.05) is 37.3 Å². The van der Waals surface area contributed by atoms with E-state index in [-0.39, 0.29) is 12.2 Å². The van der Waals surface area contributed by atoms with Gasteiger partial charge in [-0.05, 0) is 24.1 Å². The predicted octanol–water partition coefficient (Wildman–Crippen LogP) is 1.99. The first kappa shape index (κ1) is 19.2. The van der Waals surface area contributed by atoms with Gasteiger partial charge in [0.2, 0.25) is 5.91 Å².